The first-order chi connectivity index (χ1) is 16.5. The molecule has 194 valence electrons. The summed E-state index contributed by atoms with van der Waals surface area (Å²) in [6.07, 6.45) is 4.35. The number of pyridine rings is 2. The molecule has 0 saturated carbocycles. The largest absolute Gasteiger partial charge is 2.00 e. The Morgan fingerprint density at radius 2 is 0.889 bits per heavy atom. The summed E-state index contributed by atoms with van der Waals surface area (Å²) in [4.78, 5) is 27.6. The molecule has 0 amide bonds. The maximum Gasteiger partial charge on any atom is 2.00 e. The van der Waals surface area contributed by atoms with Gasteiger partial charge in [-0.05, 0) is 24.3 Å². The summed E-state index contributed by atoms with van der Waals surface area (Å²) in [5.41, 5.74) is 1.65. The van der Waals surface area contributed by atoms with Crippen LogP contribution in [0.1, 0.15) is 32.1 Å². The SMILES string of the molecule is O=Cc1ccccc1[O-].O=Cc1ccccc1[O-].[Cu+2].[Cu+2].[O-]Cc1ccccn1.[O-]Cc1ccccn1. The molecule has 2 aromatic carbocycles. The van der Waals surface area contributed by atoms with E-state index in [1.165, 1.54) is 24.3 Å². The molecule has 0 saturated heterocycles. The van der Waals surface area contributed by atoms with Gasteiger partial charge in [-0.2, -0.15) is 0 Å². The maximum atomic E-state index is 10.6. The van der Waals surface area contributed by atoms with Crippen LogP contribution < -0.4 is 20.4 Å². The third kappa shape index (κ3) is 14.8. The number of hydrogen-bond donors (Lipinski definition) is 0. The van der Waals surface area contributed by atoms with Gasteiger partial charge in [0, 0.05) is 34.9 Å². The van der Waals surface area contributed by atoms with Gasteiger partial charge < -0.3 is 20.4 Å². The topological polar surface area (TPSA) is 152 Å². The number of benzene rings is 2. The zero-order chi connectivity index (χ0) is 25.0. The molecule has 2 radical (unpaired) electrons. The van der Waals surface area contributed by atoms with Crippen LogP contribution in [0.5, 0.6) is 11.5 Å². The average Bonchev–Trinajstić information content (AvgIpc) is 2.91. The Hall–Kier alpha value is -3.36. The van der Waals surface area contributed by atoms with Crippen molar-refractivity contribution in [1.29, 1.82) is 0 Å². The number of hydrogen-bond acceptors (Lipinski definition) is 8. The molecule has 0 aliphatic carbocycles. The van der Waals surface area contributed by atoms with E-state index >= 15 is 0 Å². The Morgan fingerprint density at radius 3 is 1.08 bits per heavy atom. The molecule has 0 atom stereocenters. The normalized spacial score (nSPS) is 8.50. The van der Waals surface area contributed by atoms with Crippen molar-refractivity contribution in [3.63, 3.8) is 0 Å². The van der Waals surface area contributed by atoms with Gasteiger partial charge in [0.25, 0.3) is 0 Å². The molecule has 4 rings (SSSR count). The Bertz CT molecular complexity index is 1010. The minimum Gasteiger partial charge on any atom is -0.872 e. The van der Waals surface area contributed by atoms with Gasteiger partial charge in [-0.1, -0.05) is 85.4 Å². The van der Waals surface area contributed by atoms with Crippen molar-refractivity contribution in [1.82, 2.24) is 9.97 Å². The van der Waals surface area contributed by atoms with Gasteiger partial charge in [0.2, 0.25) is 0 Å². The Morgan fingerprint density at radius 1 is 0.556 bits per heavy atom. The number of aldehydes is 2. The molecule has 0 aliphatic heterocycles. The first-order valence-electron chi connectivity index (χ1n) is 9.94. The smallest absolute Gasteiger partial charge is 0.872 e. The van der Waals surface area contributed by atoms with E-state index in [9.17, 15) is 30.0 Å². The van der Waals surface area contributed by atoms with E-state index in [2.05, 4.69) is 9.97 Å². The fourth-order valence-corrected chi connectivity index (χ4v) is 2.12. The van der Waals surface area contributed by atoms with E-state index in [-0.39, 0.29) is 70.0 Å². The summed E-state index contributed by atoms with van der Waals surface area (Å²) >= 11 is 0. The van der Waals surface area contributed by atoms with E-state index in [0.29, 0.717) is 24.0 Å². The van der Waals surface area contributed by atoms with Crippen molar-refractivity contribution in [2.24, 2.45) is 0 Å². The predicted molar refractivity (Wildman–Crippen MR) is 118 cm³/mol. The van der Waals surface area contributed by atoms with Crippen molar-refractivity contribution >= 4 is 12.6 Å². The van der Waals surface area contributed by atoms with Crippen LogP contribution in [-0.2, 0) is 47.4 Å². The number of rotatable bonds is 4. The quantitative estimate of drug-likeness (QED) is 0.254. The molecule has 0 fully saturated rings. The molecule has 0 aliphatic rings. The molecule has 0 bridgehead atoms. The van der Waals surface area contributed by atoms with Crippen molar-refractivity contribution in [3.8, 4) is 11.5 Å². The monoisotopic (exact) mass is 584 g/mol. The van der Waals surface area contributed by atoms with Gasteiger partial charge in [-0.3, -0.25) is 19.6 Å². The van der Waals surface area contributed by atoms with Gasteiger partial charge >= 0.3 is 34.1 Å². The fourth-order valence-electron chi connectivity index (χ4n) is 2.12. The van der Waals surface area contributed by atoms with Crippen LogP contribution in [0.15, 0.2) is 97.3 Å². The summed E-state index contributed by atoms with van der Waals surface area (Å²) in [6, 6.07) is 22.9. The maximum absolute atomic E-state index is 10.6. The van der Waals surface area contributed by atoms with Crippen LogP contribution in [0.3, 0.4) is 0 Å². The molecular weight excluding hydrogens is 563 g/mol. The second-order valence-electron chi connectivity index (χ2n) is 6.24. The molecule has 2 aromatic heterocycles. The summed E-state index contributed by atoms with van der Waals surface area (Å²) in [5, 5.41) is 41.4. The molecule has 2 heterocycles. The average molecular weight is 586 g/mol. The van der Waals surface area contributed by atoms with E-state index in [1.807, 2.05) is 0 Å². The molecule has 0 spiro atoms. The third-order valence-corrected chi connectivity index (χ3v) is 3.84. The van der Waals surface area contributed by atoms with Gasteiger partial charge in [0.15, 0.2) is 0 Å². The zero-order valence-electron chi connectivity index (χ0n) is 18.8. The van der Waals surface area contributed by atoms with Crippen molar-refractivity contribution < 1.29 is 64.2 Å². The Balaban J connectivity index is 0. The van der Waals surface area contributed by atoms with Crippen LogP contribution >= 0.6 is 0 Å². The number of carbonyl (C=O) groups excluding carboxylic acids is 2. The van der Waals surface area contributed by atoms with Crippen LogP contribution in [-0.4, -0.2) is 22.5 Å². The van der Waals surface area contributed by atoms with Gasteiger partial charge in [-0.15, -0.1) is 0 Å². The number of aromatic nitrogens is 2. The summed E-state index contributed by atoms with van der Waals surface area (Å²) in [5.74, 6) is -0.431. The number of para-hydroxylation sites is 2. The molecule has 0 unspecified atom stereocenters. The van der Waals surface area contributed by atoms with Gasteiger partial charge in [0.05, 0.1) is 0 Å². The molecule has 0 N–H and O–H groups in total. The van der Waals surface area contributed by atoms with E-state index < -0.39 is 0 Å². The van der Waals surface area contributed by atoms with E-state index in [0.717, 1.165) is 0 Å². The minimum absolute atomic E-state index is 0. The Kier molecular flexibility index (Phi) is 21.4. The van der Waals surface area contributed by atoms with Crippen molar-refractivity contribution in [2.45, 2.75) is 13.2 Å². The summed E-state index contributed by atoms with van der Waals surface area (Å²) < 4.78 is 0. The summed E-state index contributed by atoms with van der Waals surface area (Å²) in [7, 11) is 0. The molecule has 4 aromatic rings. The number of nitrogens with zero attached hydrogens (tertiary/aromatic N) is 2. The van der Waals surface area contributed by atoms with E-state index in [1.54, 1.807) is 73.1 Å². The Labute approximate surface area is 230 Å². The fraction of sp³-hybridized carbons (Fsp3) is 0.0769. The first-order valence-corrected chi connectivity index (χ1v) is 9.94. The first kappa shape index (κ1) is 34.8. The van der Waals surface area contributed by atoms with Crippen molar-refractivity contribution in [2.75, 3.05) is 0 Å². The predicted octanol–water partition coefficient (Wildman–Crippen LogP) is 1.02. The van der Waals surface area contributed by atoms with Crippen LogP contribution in [0.25, 0.3) is 0 Å². The second kappa shape index (κ2) is 22.1. The molecule has 36 heavy (non-hydrogen) atoms. The van der Waals surface area contributed by atoms with E-state index in [4.69, 9.17) is 0 Å². The van der Waals surface area contributed by atoms with Crippen LogP contribution in [0.2, 0.25) is 0 Å². The standard InChI is InChI=1S/2C7H6O2.2C6H6NO.2Cu/c2*8-5-6-3-1-2-4-7(6)9;2*8-5-6-3-1-2-4-7-6;;/h2*1-5,9H;2*1-4H,5H2;;/q;;2*-1;2*+2/p-2. The molecule has 10 heteroatoms. The van der Waals surface area contributed by atoms with Gasteiger partial charge in [-0.25, -0.2) is 0 Å². The second-order valence-corrected chi connectivity index (χ2v) is 6.24. The summed E-state index contributed by atoms with van der Waals surface area (Å²) in [6.45, 7) is -0.443. The molecule has 8 nitrogen and oxygen atoms in total. The van der Waals surface area contributed by atoms with Crippen LogP contribution in [0.4, 0.5) is 0 Å². The van der Waals surface area contributed by atoms with Crippen molar-refractivity contribution in [3.05, 3.63) is 120 Å². The zero-order valence-corrected chi connectivity index (χ0v) is 20.6. The van der Waals surface area contributed by atoms with Gasteiger partial charge in [0.1, 0.15) is 12.6 Å². The van der Waals surface area contributed by atoms with Crippen LogP contribution in [0, 0.1) is 0 Å². The third-order valence-electron chi connectivity index (χ3n) is 3.84. The number of carbonyl (C=O) groups is 2. The molecular formula is C26H22Cu2N2O6. The minimum atomic E-state index is -0.221.